The summed E-state index contributed by atoms with van der Waals surface area (Å²) in [6.07, 6.45) is 4.20. The number of fused-ring (bicyclic) bond motifs is 3. The van der Waals surface area contributed by atoms with E-state index in [-0.39, 0.29) is 5.82 Å². The molecule has 0 amide bonds. The minimum absolute atomic E-state index is 0.299. The number of halogens is 2. The first-order chi connectivity index (χ1) is 16.2. The van der Waals surface area contributed by atoms with E-state index in [4.69, 9.17) is 21.4 Å². The number of rotatable bonds is 3. The summed E-state index contributed by atoms with van der Waals surface area (Å²) in [6, 6.07) is 9.72. The van der Waals surface area contributed by atoms with Crippen LogP contribution in [0.5, 0.6) is 0 Å². The van der Waals surface area contributed by atoms with Gasteiger partial charge in [0.15, 0.2) is 5.82 Å². The summed E-state index contributed by atoms with van der Waals surface area (Å²) in [5.74, 6) is 2.80. The quantitative estimate of drug-likeness (QED) is 0.580. The van der Waals surface area contributed by atoms with E-state index in [1.165, 1.54) is 17.8 Å². The number of nitrogens with zero attached hydrogens (tertiary/aromatic N) is 6. The van der Waals surface area contributed by atoms with Gasteiger partial charge in [-0.05, 0) is 55.2 Å². The first-order valence-corrected chi connectivity index (χ1v) is 11.9. The fourth-order valence-corrected chi connectivity index (χ4v) is 5.50. The average Bonchev–Trinajstić information content (AvgIpc) is 3.48. The van der Waals surface area contributed by atoms with Crippen molar-refractivity contribution in [2.24, 2.45) is 0 Å². The third kappa shape index (κ3) is 4.00. The fourth-order valence-electron chi connectivity index (χ4n) is 5.30. The number of piperidine rings is 1. The van der Waals surface area contributed by atoms with E-state index in [9.17, 15) is 4.39 Å². The van der Waals surface area contributed by atoms with E-state index in [1.54, 1.807) is 6.07 Å². The van der Waals surface area contributed by atoms with Gasteiger partial charge in [0, 0.05) is 43.2 Å². The van der Waals surface area contributed by atoms with Gasteiger partial charge in [-0.3, -0.25) is 9.47 Å². The van der Waals surface area contributed by atoms with Crippen LogP contribution in [0.4, 0.5) is 10.2 Å². The number of ether oxygens (including phenoxy) is 1. The smallest absolute Gasteiger partial charge is 0.151 e. The highest BCUT2D eigenvalue weighted by molar-refractivity contribution is 6.30. The van der Waals surface area contributed by atoms with E-state index in [2.05, 4.69) is 36.6 Å². The predicted octanol–water partition coefficient (Wildman–Crippen LogP) is 3.94. The van der Waals surface area contributed by atoms with Crippen molar-refractivity contribution in [1.29, 1.82) is 0 Å². The third-order valence-corrected chi connectivity index (χ3v) is 7.31. The Morgan fingerprint density at radius 2 is 1.91 bits per heavy atom. The fraction of sp³-hybridized carbons (Fsp3) is 0.458. The molecular formula is C24H26ClFN6O. The molecule has 0 spiro atoms. The monoisotopic (exact) mass is 468 g/mol. The van der Waals surface area contributed by atoms with Crippen molar-refractivity contribution < 1.29 is 9.13 Å². The average molecular weight is 469 g/mol. The van der Waals surface area contributed by atoms with Crippen LogP contribution in [0.1, 0.15) is 42.4 Å². The van der Waals surface area contributed by atoms with Gasteiger partial charge in [0.25, 0.3) is 0 Å². The molecule has 1 atom stereocenters. The van der Waals surface area contributed by atoms with Crippen molar-refractivity contribution in [2.75, 3.05) is 31.2 Å². The molecule has 2 fully saturated rings. The summed E-state index contributed by atoms with van der Waals surface area (Å²) < 4.78 is 21.2. The van der Waals surface area contributed by atoms with E-state index in [0.717, 1.165) is 86.8 Å². The maximum Gasteiger partial charge on any atom is 0.151 e. The van der Waals surface area contributed by atoms with Crippen LogP contribution >= 0.6 is 11.6 Å². The molecule has 3 aromatic rings. The Morgan fingerprint density at radius 1 is 1.03 bits per heavy atom. The second-order valence-corrected chi connectivity index (χ2v) is 9.54. The van der Waals surface area contributed by atoms with Crippen LogP contribution in [0.3, 0.4) is 0 Å². The minimum atomic E-state index is -0.309. The Labute approximate surface area is 197 Å². The van der Waals surface area contributed by atoms with Gasteiger partial charge in [0.2, 0.25) is 0 Å². The highest BCUT2D eigenvalue weighted by atomic mass is 35.5. The van der Waals surface area contributed by atoms with Crippen LogP contribution < -0.4 is 4.90 Å². The van der Waals surface area contributed by atoms with Gasteiger partial charge in [0.1, 0.15) is 17.5 Å². The Balaban J connectivity index is 1.29. The lowest BCUT2D eigenvalue weighted by atomic mass is 9.95. The molecule has 0 radical (unpaired) electrons. The number of anilines is 1. The van der Waals surface area contributed by atoms with Crippen molar-refractivity contribution in [3.8, 4) is 5.69 Å². The van der Waals surface area contributed by atoms with E-state index in [1.807, 2.05) is 6.07 Å². The molecule has 172 valence electrons. The number of aromatic nitrogens is 4. The first kappa shape index (κ1) is 21.0. The van der Waals surface area contributed by atoms with Gasteiger partial charge in [-0.15, -0.1) is 10.2 Å². The highest BCUT2D eigenvalue weighted by Gasteiger charge is 2.33. The summed E-state index contributed by atoms with van der Waals surface area (Å²) >= 11 is 6.39. The van der Waals surface area contributed by atoms with Crippen LogP contribution in [0.15, 0.2) is 36.5 Å². The standard InChI is InChI=1S/C24H26ClFN6O/c25-18-1-3-21-17(11-18)13-31(20-7-10-33-15-20)14-23-28-29-24(32(21)23)16-5-8-30(9-6-16)22-4-2-19(26)12-27-22/h1-4,11-12,16,20H,5-10,13-15H2/t20-/m0/s1. The Kier molecular flexibility index (Phi) is 5.52. The Hall–Kier alpha value is -2.55. The van der Waals surface area contributed by atoms with Gasteiger partial charge < -0.3 is 9.64 Å². The van der Waals surface area contributed by atoms with Crippen molar-refractivity contribution in [3.63, 3.8) is 0 Å². The highest BCUT2D eigenvalue weighted by Crippen LogP contribution is 2.35. The normalized spacial score (nSPS) is 21.6. The van der Waals surface area contributed by atoms with Gasteiger partial charge >= 0.3 is 0 Å². The summed E-state index contributed by atoms with van der Waals surface area (Å²) in [7, 11) is 0. The lowest BCUT2D eigenvalue weighted by Gasteiger charge is -2.32. The summed E-state index contributed by atoms with van der Waals surface area (Å²) in [4.78, 5) is 8.91. The SMILES string of the molecule is Fc1ccc(N2CCC(c3nnc4n3-c3ccc(Cl)cc3CN([C@H]3CCOC3)C4)CC2)nc1. The third-order valence-electron chi connectivity index (χ3n) is 7.07. The van der Waals surface area contributed by atoms with Crippen molar-refractivity contribution in [3.05, 3.63) is 64.6 Å². The Bertz CT molecular complexity index is 1140. The second-order valence-electron chi connectivity index (χ2n) is 9.10. The molecule has 0 aliphatic carbocycles. The number of benzene rings is 1. The summed E-state index contributed by atoms with van der Waals surface area (Å²) in [5, 5.41) is 10.1. The second kappa shape index (κ2) is 8.66. The molecule has 7 nitrogen and oxygen atoms in total. The zero-order valence-electron chi connectivity index (χ0n) is 18.3. The van der Waals surface area contributed by atoms with Gasteiger partial charge in [-0.2, -0.15) is 0 Å². The zero-order chi connectivity index (χ0) is 22.4. The summed E-state index contributed by atoms with van der Waals surface area (Å²) in [6.45, 7) is 4.83. The van der Waals surface area contributed by atoms with Gasteiger partial charge in [-0.25, -0.2) is 9.37 Å². The lowest BCUT2D eigenvalue weighted by molar-refractivity contribution is 0.133. The van der Waals surface area contributed by atoms with Crippen molar-refractivity contribution >= 4 is 17.4 Å². The van der Waals surface area contributed by atoms with Crippen LogP contribution in [-0.2, 0) is 17.8 Å². The van der Waals surface area contributed by atoms with E-state index in [0.29, 0.717) is 12.0 Å². The molecule has 0 bridgehead atoms. The van der Waals surface area contributed by atoms with Crippen LogP contribution in [0.2, 0.25) is 5.02 Å². The maximum absolute atomic E-state index is 13.3. The number of hydrogen-bond donors (Lipinski definition) is 0. The lowest BCUT2D eigenvalue weighted by Crippen LogP contribution is -2.34. The molecule has 2 aromatic heterocycles. The number of hydrogen-bond acceptors (Lipinski definition) is 6. The zero-order valence-corrected chi connectivity index (χ0v) is 19.1. The molecule has 0 unspecified atom stereocenters. The van der Waals surface area contributed by atoms with Gasteiger partial charge in [0.05, 0.1) is 25.0 Å². The molecule has 2 saturated heterocycles. The molecule has 0 N–H and O–H groups in total. The van der Waals surface area contributed by atoms with Gasteiger partial charge in [-0.1, -0.05) is 11.6 Å². The van der Waals surface area contributed by atoms with E-state index >= 15 is 0 Å². The largest absolute Gasteiger partial charge is 0.380 e. The summed E-state index contributed by atoms with van der Waals surface area (Å²) in [5.41, 5.74) is 2.32. The number of pyridine rings is 1. The predicted molar refractivity (Wildman–Crippen MR) is 123 cm³/mol. The molecule has 5 heterocycles. The first-order valence-electron chi connectivity index (χ1n) is 11.6. The molecule has 9 heteroatoms. The molecule has 1 aromatic carbocycles. The van der Waals surface area contributed by atoms with Crippen LogP contribution in [-0.4, -0.2) is 57.0 Å². The molecule has 3 aliphatic rings. The topological polar surface area (TPSA) is 59.3 Å². The van der Waals surface area contributed by atoms with Crippen molar-refractivity contribution in [2.45, 2.75) is 44.3 Å². The molecule has 6 rings (SSSR count). The molecule has 0 saturated carbocycles. The van der Waals surface area contributed by atoms with E-state index < -0.39 is 0 Å². The van der Waals surface area contributed by atoms with Crippen molar-refractivity contribution in [1.82, 2.24) is 24.6 Å². The van der Waals surface area contributed by atoms with Crippen LogP contribution in [0, 0.1) is 5.82 Å². The van der Waals surface area contributed by atoms with Crippen LogP contribution in [0.25, 0.3) is 5.69 Å². The minimum Gasteiger partial charge on any atom is -0.380 e. The maximum atomic E-state index is 13.3. The molecular weight excluding hydrogens is 443 g/mol. The Morgan fingerprint density at radius 3 is 2.67 bits per heavy atom. The molecule has 3 aliphatic heterocycles. The molecule has 33 heavy (non-hydrogen) atoms.